The largest absolute Gasteiger partial charge is 0.383 e. The molecule has 1 saturated heterocycles. The van der Waals surface area contributed by atoms with E-state index in [2.05, 4.69) is 21.4 Å². The summed E-state index contributed by atoms with van der Waals surface area (Å²) in [6.07, 6.45) is 7.87. The fourth-order valence-corrected chi connectivity index (χ4v) is 5.70. The summed E-state index contributed by atoms with van der Waals surface area (Å²) >= 11 is 0. The van der Waals surface area contributed by atoms with Crippen molar-refractivity contribution >= 4 is 39.9 Å². The molecule has 0 saturated carbocycles. The molecule has 0 bridgehead atoms. The van der Waals surface area contributed by atoms with Crippen molar-refractivity contribution in [2.75, 3.05) is 24.1 Å². The van der Waals surface area contributed by atoms with Crippen molar-refractivity contribution < 1.29 is 15.1 Å². The number of nitrogen functional groups attached to an aromatic ring is 1. The number of allylic oxidation sites excluding steroid dienone is 3. The summed E-state index contributed by atoms with van der Waals surface area (Å²) in [5.74, 6) is -0.225. The van der Waals surface area contributed by atoms with Crippen molar-refractivity contribution in [2.45, 2.75) is 52.8 Å². The Kier molecular flexibility index (Phi) is 5.78. The molecule has 8 heteroatoms. The van der Waals surface area contributed by atoms with Crippen LogP contribution in [-0.4, -0.2) is 44.3 Å². The Balaban J connectivity index is 1.53. The summed E-state index contributed by atoms with van der Waals surface area (Å²) in [6.45, 7) is 2.20. The number of amides is 2. The predicted molar refractivity (Wildman–Crippen MR) is 152 cm³/mol. The van der Waals surface area contributed by atoms with Gasteiger partial charge >= 0.3 is 0 Å². The lowest BCUT2D eigenvalue weighted by Gasteiger charge is -2.26. The molecule has 3 aromatic rings. The number of nitrogens with two attached hydrogens (primary N) is 1. The fraction of sp³-hybridized carbons (Fsp3) is 0.400. The highest BCUT2D eigenvalue weighted by molar-refractivity contribution is 6.05. The smallest absolute Gasteiger partial charge is 0.250 e. The zero-order valence-corrected chi connectivity index (χ0v) is 22.1. The molecule has 1 atom stereocenters. The summed E-state index contributed by atoms with van der Waals surface area (Å²) in [7, 11) is 1.93. The molecule has 0 unspecified atom stereocenters. The highest BCUT2D eigenvalue weighted by Crippen LogP contribution is 2.44. The summed E-state index contributed by atoms with van der Waals surface area (Å²) < 4.78 is 32.7. The summed E-state index contributed by atoms with van der Waals surface area (Å²) in [5.41, 5.74) is 11.7. The molecular weight excluding hydrogens is 476 g/mol. The van der Waals surface area contributed by atoms with Crippen molar-refractivity contribution in [3.05, 3.63) is 53.4 Å². The number of aromatic nitrogens is 3. The van der Waals surface area contributed by atoms with Gasteiger partial charge < -0.3 is 20.5 Å². The van der Waals surface area contributed by atoms with Gasteiger partial charge in [-0.3, -0.25) is 9.59 Å². The van der Waals surface area contributed by atoms with E-state index in [0.717, 1.165) is 65.7 Å². The van der Waals surface area contributed by atoms with E-state index in [1.54, 1.807) is 12.1 Å². The average molecular weight is 517 g/mol. The number of hydrogen-bond donors (Lipinski definition) is 2. The maximum Gasteiger partial charge on any atom is 0.250 e. The lowest BCUT2D eigenvalue weighted by atomic mass is 9.84. The number of hydrogen-bond acceptors (Lipinski definition) is 5. The molecule has 1 fully saturated rings. The van der Waals surface area contributed by atoms with Gasteiger partial charge in [0.2, 0.25) is 5.91 Å². The van der Waals surface area contributed by atoms with Crippen LogP contribution >= 0.6 is 0 Å². The van der Waals surface area contributed by atoms with Crippen LogP contribution in [0.15, 0.2) is 42.2 Å². The van der Waals surface area contributed by atoms with Gasteiger partial charge in [-0.05, 0) is 76.1 Å². The molecule has 5 rings (SSSR count). The molecule has 1 aromatic carbocycles. The quantitative estimate of drug-likeness (QED) is 0.451. The number of nitrogens with zero attached hydrogens (tertiary/aromatic N) is 4. The van der Waals surface area contributed by atoms with Gasteiger partial charge in [-0.15, -0.1) is 0 Å². The number of fused-ring (bicyclic) bond motifs is 1. The first-order valence-electron chi connectivity index (χ1n) is 15.1. The van der Waals surface area contributed by atoms with Gasteiger partial charge in [-0.2, -0.15) is 0 Å². The predicted octanol–water partition coefficient (Wildman–Crippen LogP) is 5.24. The first kappa shape index (κ1) is 21.0. The van der Waals surface area contributed by atoms with E-state index in [-0.39, 0.29) is 17.9 Å². The van der Waals surface area contributed by atoms with Crippen LogP contribution in [0.1, 0.15) is 62.5 Å². The molecule has 3 heterocycles. The average Bonchev–Trinajstić information content (AvgIpc) is 3.55. The third-order valence-electron chi connectivity index (χ3n) is 7.71. The number of carbonyl (C=O) groups excluding carboxylic acids is 2. The van der Waals surface area contributed by atoms with Gasteiger partial charge in [0.05, 0.1) is 12.5 Å². The normalized spacial score (nSPS) is 20.2. The Morgan fingerprint density at radius 2 is 2.05 bits per heavy atom. The van der Waals surface area contributed by atoms with E-state index < -0.39 is 18.3 Å². The molecule has 0 spiro atoms. The summed E-state index contributed by atoms with van der Waals surface area (Å²) in [4.78, 5) is 36.7. The summed E-state index contributed by atoms with van der Waals surface area (Å²) in [6, 6.07) is 5.07. The van der Waals surface area contributed by atoms with Crippen molar-refractivity contribution in [1.29, 1.82) is 0 Å². The number of rotatable bonds is 5. The highest BCUT2D eigenvalue weighted by atomic mass is 16.2. The van der Waals surface area contributed by atoms with E-state index in [1.165, 1.54) is 13.3 Å². The van der Waals surface area contributed by atoms with Crippen molar-refractivity contribution in [2.24, 2.45) is 13.0 Å². The molecule has 2 aromatic heterocycles. The Labute approximate surface area is 229 Å². The van der Waals surface area contributed by atoms with Crippen LogP contribution < -0.4 is 11.1 Å². The van der Waals surface area contributed by atoms with Crippen LogP contribution in [0.25, 0.3) is 27.9 Å². The van der Waals surface area contributed by atoms with E-state index >= 15 is 0 Å². The number of anilines is 2. The zero-order chi connectivity index (χ0) is 30.3. The van der Waals surface area contributed by atoms with E-state index in [1.807, 2.05) is 29.5 Å². The minimum Gasteiger partial charge on any atom is -0.383 e. The number of likely N-dealkylation sites (tertiary alicyclic amines) is 1. The van der Waals surface area contributed by atoms with Crippen LogP contribution in [0.4, 0.5) is 11.5 Å². The van der Waals surface area contributed by atoms with Crippen molar-refractivity contribution in [3.63, 3.8) is 0 Å². The maximum atomic E-state index is 13.1. The highest BCUT2D eigenvalue weighted by Gasteiger charge is 2.31. The zero-order valence-electron chi connectivity index (χ0n) is 26.1. The molecule has 2 aliphatic rings. The fourth-order valence-electron chi connectivity index (χ4n) is 5.70. The lowest BCUT2D eigenvalue weighted by molar-refractivity contribution is -0.134. The Bertz CT molecular complexity index is 1630. The Hall–Kier alpha value is -3.94. The molecule has 0 radical (unpaired) electrons. The molecular formula is C30H36N6O2. The van der Waals surface area contributed by atoms with Gasteiger partial charge in [0.15, 0.2) is 0 Å². The number of nitrogens with one attached hydrogen (secondary N) is 1. The minimum atomic E-state index is -2.70. The second-order valence-electron chi connectivity index (χ2n) is 10.1. The third kappa shape index (κ3) is 4.59. The summed E-state index contributed by atoms with van der Waals surface area (Å²) in [5, 5.41) is 3.41. The van der Waals surface area contributed by atoms with Gasteiger partial charge in [0.25, 0.3) is 5.91 Å². The van der Waals surface area contributed by atoms with E-state index in [9.17, 15) is 9.59 Å². The minimum absolute atomic E-state index is 0.0234. The molecule has 1 aliphatic carbocycles. The van der Waals surface area contributed by atoms with Crippen molar-refractivity contribution in [1.82, 2.24) is 19.4 Å². The van der Waals surface area contributed by atoms with E-state index in [4.69, 9.17) is 11.2 Å². The van der Waals surface area contributed by atoms with Crippen LogP contribution in [0.2, 0.25) is 0 Å². The number of aryl methyl sites for hydroxylation is 2. The standard InChI is InChI=1S/C30H36N6O2/c1-5-18(2)29(37)34-22-12-13-23(19(3)16-22)26-24(25-27(31)32-17-33-28(25)35(26)4)20-8-10-21(11-9-20)30(38)36-14-6-7-15-36/h5,8,12-13,16-17,21H,6-7,9-11,14-15H2,1-4H3,(H,34,37)(H2,31,32,33)/b18-5+/t21-/m0/s1/i2D3,5D. The van der Waals surface area contributed by atoms with Crippen molar-refractivity contribution in [3.8, 4) is 11.3 Å². The Morgan fingerprint density at radius 1 is 1.26 bits per heavy atom. The number of benzene rings is 1. The third-order valence-corrected chi connectivity index (χ3v) is 7.71. The lowest BCUT2D eigenvalue weighted by Crippen LogP contribution is -2.34. The number of carbonyl (C=O) groups is 2. The molecule has 2 amide bonds. The van der Waals surface area contributed by atoms with E-state index in [0.29, 0.717) is 30.0 Å². The molecule has 198 valence electrons. The second kappa shape index (κ2) is 10.4. The first-order valence-corrected chi connectivity index (χ1v) is 13.1. The molecule has 8 nitrogen and oxygen atoms in total. The molecule has 38 heavy (non-hydrogen) atoms. The molecule has 3 N–H and O–H groups in total. The SMILES string of the molecule is [2H]/C(C)=C(\C(=O)Nc1ccc(-c2c(C3=CC[C@H](C(=O)N4CCCC4)CC3)c3c(N)ncnc3n2C)c(C)c1)C([2H])([2H])[2H]. The van der Waals surface area contributed by atoms with Crippen LogP contribution in [0.5, 0.6) is 0 Å². The van der Waals surface area contributed by atoms with Crippen LogP contribution in [0, 0.1) is 12.8 Å². The molecule has 1 aliphatic heterocycles. The second-order valence-corrected chi connectivity index (χ2v) is 10.1. The van der Waals surface area contributed by atoms with Gasteiger partial charge in [0, 0.05) is 52.6 Å². The van der Waals surface area contributed by atoms with Gasteiger partial charge in [-0.25, -0.2) is 9.97 Å². The van der Waals surface area contributed by atoms with Gasteiger partial charge in [0.1, 0.15) is 17.8 Å². The first-order chi connectivity index (χ1) is 19.9. The topological polar surface area (TPSA) is 106 Å². The Morgan fingerprint density at radius 3 is 2.71 bits per heavy atom. The van der Waals surface area contributed by atoms with Crippen LogP contribution in [-0.2, 0) is 16.6 Å². The van der Waals surface area contributed by atoms with Gasteiger partial charge in [-0.1, -0.05) is 18.2 Å². The maximum absolute atomic E-state index is 13.1. The monoisotopic (exact) mass is 516 g/mol. The van der Waals surface area contributed by atoms with Crippen LogP contribution in [0.3, 0.4) is 0 Å².